The minimum atomic E-state index is -0.888. The summed E-state index contributed by atoms with van der Waals surface area (Å²) in [5.41, 5.74) is 1.09. The van der Waals surface area contributed by atoms with Crippen LogP contribution in [0.25, 0.3) is 0 Å². The number of benzene rings is 2. The zero-order valence-electron chi connectivity index (χ0n) is 9.71. The minimum Gasteiger partial charge on any atom is -0.388 e. The van der Waals surface area contributed by atoms with E-state index in [0.29, 0.717) is 11.1 Å². The van der Waals surface area contributed by atoms with Crippen LogP contribution in [0, 0.1) is 11.6 Å². The van der Waals surface area contributed by atoms with Crippen molar-refractivity contribution in [2.24, 2.45) is 0 Å². The molecule has 19 heavy (non-hydrogen) atoms. The number of rotatable bonds is 3. The van der Waals surface area contributed by atoms with Crippen LogP contribution >= 0.6 is 23.2 Å². The Morgan fingerprint density at radius 1 is 1.00 bits per heavy atom. The van der Waals surface area contributed by atoms with Gasteiger partial charge in [0, 0.05) is 11.4 Å². The van der Waals surface area contributed by atoms with E-state index in [0.717, 1.165) is 0 Å². The Balaban J connectivity index is 2.20. The largest absolute Gasteiger partial charge is 0.388 e. The van der Waals surface area contributed by atoms with Crippen LogP contribution in [0.3, 0.4) is 0 Å². The summed E-state index contributed by atoms with van der Waals surface area (Å²) in [6.45, 7) is 0. The zero-order valence-corrected chi connectivity index (χ0v) is 11.2. The van der Waals surface area contributed by atoms with Crippen LogP contribution in [0.15, 0.2) is 36.4 Å². The second-order valence-corrected chi connectivity index (χ2v) is 4.94. The predicted molar refractivity (Wildman–Crippen MR) is 71.5 cm³/mol. The van der Waals surface area contributed by atoms with E-state index in [1.54, 1.807) is 0 Å². The molecule has 0 aliphatic rings. The average Bonchev–Trinajstić information content (AvgIpc) is 2.36. The van der Waals surface area contributed by atoms with Gasteiger partial charge in [0.15, 0.2) is 0 Å². The smallest absolute Gasteiger partial charge is 0.141 e. The van der Waals surface area contributed by atoms with Crippen LogP contribution in [0.5, 0.6) is 0 Å². The van der Waals surface area contributed by atoms with Gasteiger partial charge in [0.05, 0.1) is 11.1 Å². The molecule has 1 atom stereocenters. The molecule has 0 fully saturated rings. The summed E-state index contributed by atoms with van der Waals surface area (Å²) in [4.78, 5) is 0. The summed E-state index contributed by atoms with van der Waals surface area (Å²) in [6, 6.07) is 7.95. The lowest BCUT2D eigenvalue weighted by atomic mass is 10.0. The van der Waals surface area contributed by atoms with E-state index in [9.17, 15) is 13.9 Å². The van der Waals surface area contributed by atoms with Gasteiger partial charge in [0.25, 0.3) is 0 Å². The fourth-order valence-corrected chi connectivity index (χ4v) is 2.17. The number of aliphatic hydroxyl groups is 1. The van der Waals surface area contributed by atoms with Crippen molar-refractivity contribution in [2.75, 3.05) is 0 Å². The van der Waals surface area contributed by atoms with Crippen LogP contribution in [-0.2, 0) is 6.42 Å². The van der Waals surface area contributed by atoms with Gasteiger partial charge in [0.1, 0.15) is 11.6 Å². The highest BCUT2D eigenvalue weighted by Gasteiger charge is 2.13. The molecule has 2 aromatic rings. The SMILES string of the molecule is OC(Cc1ccc(F)cc1Cl)c1ccc(F)c(Cl)c1. The van der Waals surface area contributed by atoms with Gasteiger partial charge in [-0.05, 0) is 35.4 Å². The molecule has 100 valence electrons. The van der Waals surface area contributed by atoms with Gasteiger partial charge in [-0.2, -0.15) is 0 Å². The van der Waals surface area contributed by atoms with E-state index in [2.05, 4.69) is 0 Å². The molecule has 0 heterocycles. The first-order valence-electron chi connectivity index (χ1n) is 5.54. The van der Waals surface area contributed by atoms with Gasteiger partial charge in [-0.25, -0.2) is 8.78 Å². The molecular formula is C14H10Cl2F2O. The van der Waals surface area contributed by atoms with E-state index in [1.807, 2.05) is 0 Å². The van der Waals surface area contributed by atoms with Crippen molar-refractivity contribution in [3.05, 3.63) is 69.2 Å². The molecule has 0 aromatic heterocycles. The Bertz CT molecular complexity index is 602. The number of halogens is 4. The molecule has 2 rings (SSSR count). The maximum absolute atomic E-state index is 13.0. The number of hydrogen-bond acceptors (Lipinski definition) is 1. The maximum Gasteiger partial charge on any atom is 0.141 e. The summed E-state index contributed by atoms with van der Waals surface area (Å²) in [7, 11) is 0. The molecule has 0 aliphatic heterocycles. The third kappa shape index (κ3) is 3.44. The lowest BCUT2D eigenvalue weighted by Crippen LogP contribution is -2.03. The Labute approximate surface area is 119 Å². The molecule has 5 heteroatoms. The van der Waals surface area contributed by atoms with Gasteiger partial charge >= 0.3 is 0 Å². The molecule has 2 aromatic carbocycles. The maximum atomic E-state index is 13.0. The molecule has 1 unspecified atom stereocenters. The first-order chi connectivity index (χ1) is 8.97. The van der Waals surface area contributed by atoms with Gasteiger partial charge in [0.2, 0.25) is 0 Å². The van der Waals surface area contributed by atoms with Crippen molar-refractivity contribution in [3.63, 3.8) is 0 Å². The molecule has 0 spiro atoms. The fraction of sp³-hybridized carbons (Fsp3) is 0.143. The lowest BCUT2D eigenvalue weighted by Gasteiger charge is -2.13. The normalized spacial score (nSPS) is 12.5. The van der Waals surface area contributed by atoms with Gasteiger partial charge in [-0.15, -0.1) is 0 Å². The molecule has 0 amide bonds. The molecule has 0 radical (unpaired) electrons. The molecule has 0 aliphatic carbocycles. The standard InChI is InChI=1S/C14H10Cl2F2O/c15-11-7-10(17)3-1-8(11)6-14(19)9-2-4-13(18)12(16)5-9/h1-5,7,14,19H,6H2. The zero-order chi connectivity index (χ0) is 14.0. The van der Waals surface area contributed by atoms with Crippen LogP contribution in [0.4, 0.5) is 8.78 Å². The molecular weight excluding hydrogens is 293 g/mol. The molecule has 0 saturated carbocycles. The van der Waals surface area contributed by atoms with Gasteiger partial charge in [-0.1, -0.05) is 35.3 Å². The minimum absolute atomic E-state index is 0.0539. The highest BCUT2D eigenvalue weighted by atomic mass is 35.5. The number of hydrogen-bond donors (Lipinski definition) is 1. The molecule has 1 nitrogen and oxygen atoms in total. The molecule has 1 N–H and O–H groups in total. The van der Waals surface area contributed by atoms with E-state index in [4.69, 9.17) is 23.2 Å². The first-order valence-corrected chi connectivity index (χ1v) is 6.30. The van der Waals surface area contributed by atoms with Crippen LogP contribution in [0.2, 0.25) is 10.0 Å². The van der Waals surface area contributed by atoms with Crippen molar-refractivity contribution in [2.45, 2.75) is 12.5 Å². The highest BCUT2D eigenvalue weighted by molar-refractivity contribution is 6.31. The predicted octanol–water partition coefficient (Wildman–Crippen LogP) is 4.55. The van der Waals surface area contributed by atoms with E-state index in [1.165, 1.54) is 36.4 Å². The Morgan fingerprint density at radius 2 is 1.74 bits per heavy atom. The van der Waals surface area contributed by atoms with Crippen molar-refractivity contribution in [3.8, 4) is 0 Å². The molecule has 0 saturated heterocycles. The van der Waals surface area contributed by atoms with Crippen LogP contribution in [0.1, 0.15) is 17.2 Å². The van der Waals surface area contributed by atoms with Crippen LogP contribution in [-0.4, -0.2) is 5.11 Å². The summed E-state index contributed by atoms with van der Waals surface area (Å²) in [5, 5.41) is 10.2. The third-order valence-corrected chi connectivity index (χ3v) is 3.40. The second kappa shape index (κ2) is 5.87. The fourth-order valence-electron chi connectivity index (χ4n) is 1.73. The highest BCUT2D eigenvalue weighted by Crippen LogP contribution is 2.26. The molecule has 0 bridgehead atoms. The Hall–Kier alpha value is -1.16. The first kappa shape index (κ1) is 14.3. The van der Waals surface area contributed by atoms with E-state index in [-0.39, 0.29) is 16.5 Å². The average molecular weight is 303 g/mol. The summed E-state index contributed by atoms with van der Waals surface area (Å²) < 4.78 is 25.9. The lowest BCUT2D eigenvalue weighted by molar-refractivity contribution is 0.178. The van der Waals surface area contributed by atoms with Gasteiger partial charge < -0.3 is 5.11 Å². The van der Waals surface area contributed by atoms with E-state index < -0.39 is 17.7 Å². The van der Waals surface area contributed by atoms with E-state index >= 15 is 0 Å². The van der Waals surface area contributed by atoms with Crippen molar-refractivity contribution < 1.29 is 13.9 Å². The number of aliphatic hydroxyl groups excluding tert-OH is 1. The van der Waals surface area contributed by atoms with Crippen LogP contribution < -0.4 is 0 Å². The monoisotopic (exact) mass is 302 g/mol. The topological polar surface area (TPSA) is 20.2 Å². The summed E-state index contributed by atoms with van der Waals surface area (Å²) in [5.74, 6) is -0.981. The quantitative estimate of drug-likeness (QED) is 0.882. The Kier molecular flexibility index (Phi) is 4.40. The third-order valence-electron chi connectivity index (χ3n) is 2.76. The summed E-state index contributed by atoms with van der Waals surface area (Å²) in [6.07, 6.45) is -0.692. The van der Waals surface area contributed by atoms with Gasteiger partial charge in [-0.3, -0.25) is 0 Å². The second-order valence-electron chi connectivity index (χ2n) is 4.13. The summed E-state index contributed by atoms with van der Waals surface area (Å²) >= 11 is 11.5. The van der Waals surface area contributed by atoms with Crippen molar-refractivity contribution >= 4 is 23.2 Å². The Morgan fingerprint density at radius 3 is 2.37 bits per heavy atom. The van der Waals surface area contributed by atoms with Crippen molar-refractivity contribution in [1.29, 1.82) is 0 Å². The van der Waals surface area contributed by atoms with Crippen molar-refractivity contribution in [1.82, 2.24) is 0 Å².